The molecule has 0 heterocycles. The molecule has 46 heavy (non-hydrogen) atoms. The van der Waals surface area contributed by atoms with Gasteiger partial charge in [0.25, 0.3) is 10.0 Å². The predicted molar refractivity (Wildman–Crippen MR) is 182 cm³/mol. The van der Waals surface area contributed by atoms with Crippen LogP contribution in [0.15, 0.2) is 114 Å². The molecule has 2 amide bonds. The van der Waals surface area contributed by atoms with Crippen molar-refractivity contribution in [2.75, 3.05) is 24.0 Å². The number of para-hydroxylation sites is 2. The Labute approximate surface area is 273 Å². The Morgan fingerprint density at radius 1 is 0.826 bits per heavy atom. The molecule has 0 spiro atoms. The number of nitrogens with zero attached hydrogens (tertiary/aromatic N) is 2. The highest BCUT2D eigenvalue weighted by molar-refractivity contribution is 7.92. The molecule has 0 aliphatic heterocycles. The maximum absolute atomic E-state index is 14.7. The van der Waals surface area contributed by atoms with E-state index in [0.717, 1.165) is 33.8 Å². The van der Waals surface area contributed by atoms with Crippen molar-refractivity contribution in [3.63, 3.8) is 0 Å². The second-order valence-corrected chi connectivity index (χ2v) is 12.9. The zero-order valence-corrected chi connectivity index (χ0v) is 27.6. The van der Waals surface area contributed by atoms with E-state index in [1.54, 1.807) is 42.5 Å². The molecular weight excluding hydrogens is 598 g/mol. The molecule has 242 valence electrons. The molecule has 0 bridgehead atoms. The Kier molecular flexibility index (Phi) is 12.4. The van der Waals surface area contributed by atoms with Gasteiger partial charge in [0.1, 0.15) is 18.3 Å². The Morgan fingerprint density at radius 2 is 1.46 bits per heavy atom. The number of carbonyl (C=O) groups is 2. The minimum absolute atomic E-state index is 0.0395. The molecule has 0 saturated heterocycles. The number of ether oxygens (including phenoxy) is 1. The van der Waals surface area contributed by atoms with E-state index in [1.165, 1.54) is 17.0 Å². The first-order chi connectivity index (χ1) is 22.3. The summed E-state index contributed by atoms with van der Waals surface area (Å²) in [6.07, 6.45) is 1.96. The quantitative estimate of drug-likeness (QED) is 0.148. The van der Waals surface area contributed by atoms with E-state index in [-0.39, 0.29) is 29.5 Å². The fourth-order valence-electron chi connectivity index (χ4n) is 5.20. The molecule has 0 fully saturated rings. The molecule has 9 heteroatoms. The number of amides is 2. The monoisotopic (exact) mass is 641 g/mol. The highest BCUT2D eigenvalue weighted by Gasteiger charge is 2.35. The summed E-state index contributed by atoms with van der Waals surface area (Å²) in [6, 6.07) is 31.1. The van der Waals surface area contributed by atoms with Crippen LogP contribution in [0.1, 0.15) is 43.4 Å². The van der Waals surface area contributed by atoms with Crippen molar-refractivity contribution in [1.82, 2.24) is 10.2 Å². The fourth-order valence-corrected chi connectivity index (χ4v) is 6.65. The summed E-state index contributed by atoms with van der Waals surface area (Å²) in [6.45, 7) is 6.17. The fraction of sp³-hybridized carbons (Fsp3) is 0.297. The lowest BCUT2D eigenvalue weighted by Crippen LogP contribution is -2.53. The average molecular weight is 642 g/mol. The molecule has 0 unspecified atom stereocenters. The van der Waals surface area contributed by atoms with E-state index in [9.17, 15) is 18.0 Å². The highest BCUT2D eigenvalue weighted by Crippen LogP contribution is 2.33. The Bertz CT molecular complexity index is 1680. The van der Waals surface area contributed by atoms with Crippen LogP contribution in [0.2, 0.25) is 0 Å². The topological polar surface area (TPSA) is 96.0 Å². The summed E-state index contributed by atoms with van der Waals surface area (Å²) in [5.74, 6) is -0.465. The van der Waals surface area contributed by atoms with Gasteiger partial charge in [-0.15, -0.1) is 0 Å². The van der Waals surface area contributed by atoms with Gasteiger partial charge < -0.3 is 15.0 Å². The Balaban J connectivity index is 1.82. The summed E-state index contributed by atoms with van der Waals surface area (Å²) in [4.78, 5) is 30.1. The second kappa shape index (κ2) is 16.6. The zero-order chi connectivity index (χ0) is 32.9. The molecule has 8 nitrogen and oxygen atoms in total. The minimum atomic E-state index is -4.22. The smallest absolute Gasteiger partial charge is 0.264 e. The molecule has 1 atom stereocenters. The summed E-state index contributed by atoms with van der Waals surface area (Å²) < 4.78 is 35.4. The van der Waals surface area contributed by atoms with E-state index in [2.05, 4.69) is 5.32 Å². The van der Waals surface area contributed by atoms with Crippen molar-refractivity contribution < 1.29 is 22.7 Å². The van der Waals surface area contributed by atoms with E-state index >= 15 is 0 Å². The zero-order valence-electron chi connectivity index (χ0n) is 26.8. The van der Waals surface area contributed by atoms with Crippen LogP contribution in [-0.2, 0) is 32.6 Å². The van der Waals surface area contributed by atoms with Gasteiger partial charge in [-0.25, -0.2) is 8.42 Å². The maximum Gasteiger partial charge on any atom is 0.264 e. The first-order valence-electron chi connectivity index (χ1n) is 15.7. The van der Waals surface area contributed by atoms with Gasteiger partial charge in [-0.1, -0.05) is 98.3 Å². The van der Waals surface area contributed by atoms with E-state index in [4.69, 9.17) is 4.74 Å². The largest absolute Gasteiger partial charge is 0.492 e. The summed E-state index contributed by atoms with van der Waals surface area (Å²) in [5.41, 5.74) is 2.95. The molecule has 4 aromatic rings. The molecule has 4 rings (SSSR count). The van der Waals surface area contributed by atoms with Gasteiger partial charge in [-0.3, -0.25) is 13.9 Å². The van der Waals surface area contributed by atoms with Gasteiger partial charge in [0.2, 0.25) is 11.8 Å². The van der Waals surface area contributed by atoms with Crippen molar-refractivity contribution in [3.05, 3.63) is 126 Å². The first-order valence-corrected chi connectivity index (χ1v) is 17.2. The van der Waals surface area contributed by atoms with E-state index in [0.29, 0.717) is 18.9 Å². The van der Waals surface area contributed by atoms with Gasteiger partial charge in [-0.2, -0.15) is 0 Å². The number of rotatable bonds is 16. The van der Waals surface area contributed by atoms with Crippen molar-refractivity contribution >= 4 is 27.5 Å². The maximum atomic E-state index is 14.7. The van der Waals surface area contributed by atoms with E-state index in [1.807, 2.05) is 75.4 Å². The number of carbonyl (C=O) groups excluding carboxylic acids is 2. The van der Waals surface area contributed by atoms with Crippen LogP contribution in [0.25, 0.3) is 0 Å². The van der Waals surface area contributed by atoms with E-state index < -0.39 is 28.5 Å². The number of aryl methyl sites for hydroxylation is 1. The van der Waals surface area contributed by atoms with Gasteiger partial charge in [-0.05, 0) is 61.2 Å². The van der Waals surface area contributed by atoms with Crippen molar-refractivity contribution in [3.8, 4) is 5.75 Å². The first kappa shape index (κ1) is 34.2. The highest BCUT2D eigenvalue weighted by atomic mass is 32.2. The Hall–Kier alpha value is -4.63. The minimum Gasteiger partial charge on any atom is -0.492 e. The second-order valence-electron chi connectivity index (χ2n) is 11.0. The number of anilines is 1. The van der Waals surface area contributed by atoms with Crippen LogP contribution in [0.3, 0.4) is 0 Å². The number of hydrogen-bond donors (Lipinski definition) is 1. The van der Waals surface area contributed by atoms with Gasteiger partial charge >= 0.3 is 0 Å². The molecule has 0 aliphatic rings. The lowest BCUT2D eigenvalue weighted by Gasteiger charge is -2.34. The normalized spacial score (nSPS) is 11.8. The van der Waals surface area contributed by atoms with Crippen molar-refractivity contribution in [1.29, 1.82) is 0 Å². The molecule has 0 aliphatic carbocycles. The third-order valence-corrected chi connectivity index (χ3v) is 9.52. The predicted octanol–water partition coefficient (Wildman–Crippen LogP) is 6.15. The van der Waals surface area contributed by atoms with Crippen molar-refractivity contribution in [2.45, 2.75) is 57.5 Å². The number of benzene rings is 4. The molecule has 4 aromatic carbocycles. The van der Waals surface area contributed by atoms with Crippen LogP contribution in [-0.4, -0.2) is 50.9 Å². The van der Waals surface area contributed by atoms with Gasteiger partial charge in [0.05, 0.1) is 17.2 Å². The van der Waals surface area contributed by atoms with Crippen LogP contribution >= 0.6 is 0 Å². The van der Waals surface area contributed by atoms with Crippen molar-refractivity contribution in [2.24, 2.45) is 0 Å². The Morgan fingerprint density at radius 3 is 2.13 bits per heavy atom. The van der Waals surface area contributed by atoms with Gasteiger partial charge in [0, 0.05) is 19.5 Å². The third kappa shape index (κ3) is 8.75. The van der Waals surface area contributed by atoms with Crippen LogP contribution in [0.5, 0.6) is 5.75 Å². The molecule has 0 radical (unpaired) electrons. The molecule has 0 saturated carbocycles. The van der Waals surface area contributed by atoms with Crippen LogP contribution < -0.4 is 14.4 Å². The summed E-state index contributed by atoms with van der Waals surface area (Å²) in [7, 11) is -4.22. The lowest BCUT2D eigenvalue weighted by atomic mass is 10.0. The molecule has 0 aromatic heterocycles. The van der Waals surface area contributed by atoms with Crippen LogP contribution in [0.4, 0.5) is 5.69 Å². The number of nitrogens with one attached hydrogen (secondary N) is 1. The number of unbranched alkanes of at least 4 members (excludes halogenated alkanes) is 1. The lowest BCUT2D eigenvalue weighted by molar-refractivity contribution is -0.140. The molecular formula is C37H43N3O5S. The summed E-state index contributed by atoms with van der Waals surface area (Å²) >= 11 is 0. The summed E-state index contributed by atoms with van der Waals surface area (Å²) in [5, 5.41) is 3.02. The third-order valence-electron chi connectivity index (χ3n) is 7.75. The van der Waals surface area contributed by atoms with Gasteiger partial charge in [0.15, 0.2) is 0 Å². The average Bonchev–Trinajstić information content (AvgIpc) is 3.07. The van der Waals surface area contributed by atoms with Crippen LogP contribution in [0, 0.1) is 6.92 Å². The molecule has 1 N–H and O–H groups in total. The SMILES string of the molecule is CCCCNC(=O)[C@H](Cc1ccccc1)N(Cc1ccccc1C)C(=O)CN(c1ccccc1OCC)S(=O)(=O)c1ccccc1. The standard InChI is InChI=1S/C37H43N3O5S/c1-4-6-25-38-37(42)34(26-30-18-9-7-10-19-30)39(27-31-20-14-13-17-29(31)3)36(41)28-40(33-23-15-16-24-35(33)45-5-2)46(43,44)32-21-11-8-12-22-32/h7-24,34H,4-6,25-28H2,1-3H3,(H,38,42)/t34-/m0/s1. The number of sulfonamides is 1. The number of hydrogen-bond acceptors (Lipinski definition) is 5.